The molecule has 0 fully saturated rings. The van der Waals surface area contributed by atoms with Gasteiger partial charge < -0.3 is 47.2 Å². The summed E-state index contributed by atoms with van der Waals surface area (Å²) in [6, 6.07) is 2.56. The van der Waals surface area contributed by atoms with Crippen LogP contribution in [-0.4, -0.2) is 95.8 Å². The molecule has 11 nitrogen and oxygen atoms in total. The Morgan fingerprint density at radius 1 is 0.660 bits per heavy atom. The fraction of sp³-hybridized carbons (Fsp3) is 0.909. The molecule has 0 aliphatic rings. The Labute approximate surface area is 292 Å². The van der Waals surface area contributed by atoms with Gasteiger partial charge in [0.25, 0.3) is 0 Å². The van der Waals surface area contributed by atoms with Crippen molar-refractivity contribution >= 4 is 31.9 Å². The van der Waals surface area contributed by atoms with Crippen molar-refractivity contribution in [3.05, 3.63) is 12.2 Å². The summed E-state index contributed by atoms with van der Waals surface area (Å²) in [5.41, 5.74) is 9.97. The Hall–Kier alpha value is -0.499. The number of ether oxygens (including phenoxy) is 1. The predicted molar refractivity (Wildman–Crippen MR) is 201 cm³/mol. The first-order chi connectivity index (χ1) is 21.3. The van der Waals surface area contributed by atoms with Gasteiger partial charge in [-0.1, -0.05) is 6.58 Å². The molecule has 0 aromatic carbocycles. The molecule has 0 rings (SSSR count). The highest BCUT2D eigenvalue weighted by Gasteiger charge is 2.49. The normalized spacial score (nSPS) is 12.9. The van der Waals surface area contributed by atoms with Gasteiger partial charge in [-0.05, 0) is 141 Å². The third kappa shape index (κ3) is 30.1. The maximum Gasteiger partial charge on any atom is 0.502 e. The van der Waals surface area contributed by atoms with Gasteiger partial charge in [0, 0.05) is 39.1 Å². The van der Waals surface area contributed by atoms with Crippen LogP contribution in [-0.2, 0) is 40.5 Å². The highest BCUT2D eigenvalue weighted by atomic mass is 28.4. The quantitative estimate of drug-likeness (QED) is 0.0576. The summed E-state index contributed by atoms with van der Waals surface area (Å²) in [4.78, 5) is 11.5. The molecule has 0 aromatic rings. The summed E-state index contributed by atoms with van der Waals surface area (Å²) >= 11 is 0. The van der Waals surface area contributed by atoms with Crippen LogP contribution < -0.4 is 11.5 Å². The van der Waals surface area contributed by atoms with E-state index in [1.165, 1.54) is 0 Å². The number of rotatable bonds is 20. The molecule has 0 unspecified atom stereocenters. The van der Waals surface area contributed by atoms with Crippen molar-refractivity contribution in [1.29, 1.82) is 0 Å². The van der Waals surface area contributed by atoms with Gasteiger partial charge in [-0.3, -0.25) is 0 Å². The van der Waals surface area contributed by atoms with E-state index in [1.807, 2.05) is 82.7 Å². The largest absolute Gasteiger partial charge is 0.502 e. The second kappa shape index (κ2) is 24.6. The number of nitrogens with two attached hydrogens (primary N) is 2. The van der Waals surface area contributed by atoms with E-state index in [-0.39, 0.29) is 12.6 Å². The third-order valence-electron chi connectivity index (χ3n) is 6.03. The molecule has 284 valence electrons. The van der Waals surface area contributed by atoms with Gasteiger partial charge in [0.15, 0.2) is 0 Å². The molecule has 0 spiro atoms. The molecule has 0 atom stereocenters. The molecule has 0 bridgehead atoms. The summed E-state index contributed by atoms with van der Waals surface area (Å²) in [5.74, 6) is -0.377. The van der Waals surface area contributed by atoms with Gasteiger partial charge in [-0.2, -0.15) is 0 Å². The molecule has 0 heterocycles. The molecule has 4 N–H and O–H groups in total. The van der Waals surface area contributed by atoms with Crippen molar-refractivity contribution in [2.24, 2.45) is 11.5 Å². The average Bonchev–Trinajstić information content (AvgIpc) is 2.91. The monoisotopic (exact) mass is 728 g/mol. The van der Waals surface area contributed by atoms with E-state index in [0.29, 0.717) is 18.0 Å². The first kappa shape index (κ1) is 50.9. The van der Waals surface area contributed by atoms with Gasteiger partial charge in [0.05, 0.1) is 23.4 Å². The van der Waals surface area contributed by atoms with Gasteiger partial charge in [0.2, 0.25) is 0 Å². The van der Waals surface area contributed by atoms with Gasteiger partial charge in [-0.15, -0.1) is 0 Å². The average molecular weight is 729 g/mol. The number of hydrogen-bond donors (Lipinski definition) is 2. The van der Waals surface area contributed by atoms with Crippen LogP contribution in [0.3, 0.4) is 0 Å². The Balaban J connectivity index is -0.000000725. The first-order valence-electron chi connectivity index (χ1n) is 17.0. The number of carbonyl (C=O) groups excluding carboxylic acids is 1. The van der Waals surface area contributed by atoms with E-state index in [2.05, 4.69) is 13.1 Å². The van der Waals surface area contributed by atoms with Gasteiger partial charge in [0.1, 0.15) is 0 Å². The molecule has 0 aliphatic carbocycles. The lowest BCUT2D eigenvalue weighted by Crippen LogP contribution is -2.57. The maximum absolute atomic E-state index is 11.5. The standard InChI is InChI=1S/C19H38O5Si.C8H21NO2Si.C6H17NO2Si/c1-15(2)16(20)21-13-12-14-25(22-17(3,4)5,23-18(6,7)8)24-19(9,10)11;1-4-10-12(3,11-5-2)8-6-7-9;1-8-10(3,9-2)6-4-5-7/h1,12-14H2,2-11H3;4-9H2,1-3H3;4-7H2,1-3H3. The van der Waals surface area contributed by atoms with Crippen molar-refractivity contribution in [1.82, 2.24) is 0 Å². The van der Waals surface area contributed by atoms with Crippen LogP contribution in [0.4, 0.5) is 0 Å². The number of hydrogen-bond acceptors (Lipinski definition) is 11. The second-order valence-corrected chi connectivity index (χ2v) is 24.1. The molecule has 0 radical (unpaired) electrons. The van der Waals surface area contributed by atoms with Crippen LogP contribution in [0, 0.1) is 0 Å². The van der Waals surface area contributed by atoms with E-state index in [1.54, 1.807) is 21.1 Å². The maximum atomic E-state index is 11.5. The van der Waals surface area contributed by atoms with Crippen LogP contribution in [0.25, 0.3) is 0 Å². The fourth-order valence-electron chi connectivity index (χ4n) is 4.12. The third-order valence-corrected chi connectivity index (χ3v) is 15.8. The van der Waals surface area contributed by atoms with Gasteiger partial charge in [-0.25, -0.2) is 4.79 Å². The summed E-state index contributed by atoms with van der Waals surface area (Å²) in [6.45, 7) is 34.5. The minimum absolute atomic E-state index is 0.287. The minimum atomic E-state index is -3.01. The van der Waals surface area contributed by atoms with Crippen LogP contribution in [0.1, 0.15) is 102 Å². The number of esters is 1. The molecular formula is C33H76N2O9Si3. The lowest BCUT2D eigenvalue weighted by Gasteiger charge is -2.43. The predicted octanol–water partition coefficient (Wildman–Crippen LogP) is 7.06. The van der Waals surface area contributed by atoms with Crippen molar-refractivity contribution in [3.63, 3.8) is 0 Å². The smallest absolute Gasteiger partial charge is 0.462 e. The van der Waals surface area contributed by atoms with E-state index in [4.69, 9.17) is 47.2 Å². The highest BCUT2D eigenvalue weighted by molar-refractivity contribution is 6.66. The minimum Gasteiger partial charge on any atom is -0.462 e. The van der Waals surface area contributed by atoms with Crippen LogP contribution >= 0.6 is 0 Å². The SMILES string of the molecule is C=C(C)C(=O)OCCC[Si](OC(C)(C)C)(OC(C)(C)C)OC(C)(C)C.CCO[Si](C)(CCCN)OCC.CO[Si](C)(CCCN)OC. The van der Waals surface area contributed by atoms with Crippen LogP contribution in [0.2, 0.25) is 31.2 Å². The fourth-order valence-corrected chi connectivity index (χ4v) is 11.8. The van der Waals surface area contributed by atoms with E-state index in [9.17, 15) is 4.79 Å². The van der Waals surface area contributed by atoms with Crippen LogP contribution in [0.15, 0.2) is 12.2 Å². The van der Waals surface area contributed by atoms with Crippen molar-refractivity contribution in [2.75, 3.05) is 47.1 Å². The summed E-state index contributed by atoms with van der Waals surface area (Å²) in [5, 5.41) is 0. The topological polar surface area (TPSA) is 143 Å². The molecule has 0 amide bonds. The Kier molecular flexibility index (Phi) is 26.6. The van der Waals surface area contributed by atoms with E-state index < -0.39 is 42.7 Å². The van der Waals surface area contributed by atoms with Gasteiger partial charge >= 0.3 is 31.9 Å². The molecule has 0 aliphatic heterocycles. The summed E-state index contributed by atoms with van der Waals surface area (Å²) in [7, 11) is -3.26. The van der Waals surface area contributed by atoms with Crippen molar-refractivity contribution in [3.8, 4) is 0 Å². The zero-order chi connectivity index (χ0) is 37.6. The number of carbonyl (C=O) groups is 1. The van der Waals surface area contributed by atoms with E-state index in [0.717, 1.165) is 51.2 Å². The van der Waals surface area contributed by atoms with Crippen molar-refractivity contribution in [2.45, 2.75) is 150 Å². The zero-order valence-corrected chi connectivity index (χ0v) is 36.3. The molecule has 0 saturated heterocycles. The molecular weight excluding hydrogens is 653 g/mol. The highest BCUT2D eigenvalue weighted by Crippen LogP contribution is 2.32. The van der Waals surface area contributed by atoms with E-state index >= 15 is 0 Å². The Morgan fingerprint density at radius 3 is 1.30 bits per heavy atom. The van der Waals surface area contributed by atoms with Crippen LogP contribution in [0.5, 0.6) is 0 Å². The Bertz CT molecular complexity index is 779. The lowest BCUT2D eigenvalue weighted by atomic mass is 10.2. The lowest BCUT2D eigenvalue weighted by molar-refractivity contribution is -0.139. The summed E-state index contributed by atoms with van der Waals surface area (Å²) < 4.78 is 46.1. The Morgan fingerprint density at radius 2 is 1.02 bits per heavy atom. The zero-order valence-electron chi connectivity index (χ0n) is 33.3. The molecule has 47 heavy (non-hydrogen) atoms. The first-order valence-corrected chi connectivity index (χ1v) is 24.0. The molecule has 14 heteroatoms. The second-order valence-electron chi connectivity index (χ2n) is 14.7. The van der Waals surface area contributed by atoms with Crippen molar-refractivity contribution < 1.29 is 40.5 Å². The molecule has 0 saturated carbocycles. The summed E-state index contributed by atoms with van der Waals surface area (Å²) in [6.07, 6.45) is 2.60. The molecule has 0 aromatic heterocycles.